The molecular formula is C17H19NO. The van der Waals surface area contributed by atoms with Gasteiger partial charge in [-0.1, -0.05) is 30.3 Å². The Labute approximate surface area is 114 Å². The van der Waals surface area contributed by atoms with Crippen molar-refractivity contribution in [3.05, 3.63) is 59.4 Å². The molecule has 2 nitrogen and oxygen atoms in total. The molecular weight excluding hydrogens is 234 g/mol. The van der Waals surface area contributed by atoms with E-state index in [1.807, 2.05) is 12.3 Å². The molecule has 2 aromatic rings. The maximum Gasteiger partial charge on any atom is 0.164 e. The van der Waals surface area contributed by atoms with E-state index in [1.54, 1.807) is 0 Å². The van der Waals surface area contributed by atoms with E-state index in [0.29, 0.717) is 5.78 Å². The number of benzene rings is 1. The van der Waals surface area contributed by atoms with Crippen molar-refractivity contribution in [2.45, 2.75) is 38.6 Å². The minimum atomic E-state index is 0.325. The van der Waals surface area contributed by atoms with Crippen LogP contribution in [0.4, 0.5) is 0 Å². The Bertz CT molecular complexity index is 568. The molecule has 0 radical (unpaired) electrons. The van der Waals surface area contributed by atoms with E-state index in [9.17, 15) is 4.79 Å². The third kappa shape index (κ3) is 2.78. The minimum absolute atomic E-state index is 0.325. The van der Waals surface area contributed by atoms with Gasteiger partial charge in [-0.05, 0) is 36.8 Å². The van der Waals surface area contributed by atoms with Crippen molar-refractivity contribution in [2.24, 2.45) is 0 Å². The zero-order valence-corrected chi connectivity index (χ0v) is 11.1. The van der Waals surface area contributed by atoms with Crippen LogP contribution in [0.15, 0.2) is 42.7 Å². The molecule has 0 saturated carbocycles. The van der Waals surface area contributed by atoms with Crippen LogP contribution in [0, 0.1) is 0 Å². The first kappa shape index (κ1) is 12.2. The first-order valence-corrected chi connectivity index (χ1v) is 7.09. The Balaban J connectivity index is 1.73. The molecule has 0 amide bonds. The van der Waals surface area contributed by atoms with Gasteiger partial charge in [0, 0.05) is 30.9 Å². The van der Waals surface area contributed by atoms with Gasteiger partial charge in [-0.15, -0.1) is 0 Å². The predicted octanol–water partition coefficient (Wildman–Crippen LogP) is 3.64. The van der Waals surface area contributed by atoms with E-state index < -0.39 is 0 Å². The zero-order chi connectivity index (χ0) is 13.1. The lowest BCUT2D eigenvalue weighted by Gasteiger charge is -2.03. The monoisotopic (exact) mass is 253 g/mol. The standard InChI is InChI=1S/C17H19NO/c19-17-9-5-4-8-15-12-18(13-16(15)17)11-10-14-6-2-1-3-7-14/h1-3,6-7,12-13H,4-5,8-11H2. The van der Waals surface area contributed by atoms with E-state index >= 15 is 0 Å². The molecule has 3 rings (SSSR count). The van der Waals surface area contributed by atoms with Crippen LogP contribution in [0.5, 0.6) is 0 Å². The largest absolute Gasteiger partial charge is 0.353 e. The van der Waals surface area contributed by atoms with Crippen LogP contribution in [-0.2, 0) is 19.4 Å². The summed E-state index contributed by atoms with van der Waals surface area (Å²) in [7, 11) is 0. The molecule has 1 aliphatic carbocycles. The Kier molecular flexibility index (Phi) is 3.49. The van der Waals surface area contributed by atoms with E-state index in [0.717, 1.165) is 44.2 Å². The molecule has 0 bridgehead atoms. The van der Waals surface area contributed by atoms with Gasteiger partial charge in [0.15, 0.2) is 5.78 Å². The second kappa shape index (κ2) is 5.43. The van der Waals surface area contributed by atoms with Gasteiger partial charge in [-0.3, -0.25) is 4.79 Å². The predicted molar refractivity (Wildman–Crippen MR) is 76.5 cm³/mol. The number of carbonyl (C=O) groups excluding carboxylic acids is 1. The molecule has 0 spiro atoms. The van der Waals surface area contributed by atoms with Gasteiger partial charge in [-0.25, -0.2) is 0 Å². The van der Waals surface area contributed by atoms with Crippen molar-refractivity contribution >= 4 is 5.78 Å². The topological polar surface area (TPSA) is 22.0 Å². The minimum Gasteiger partial charge on any atom is -0.353 e. The number of hydrogen-bond acceptors (Lipinski definition) is 1. The number of nitrogens with zero attached hydrogens (tertiary/aromatic N) is 1. The molecule has 1 aromatic heterocycles. The summed E-state index contributed by atoms with van der Waals surface area (Å²) in [6, 6.07) is 10.5. The smallest absolute Gasteiger partial charge is 0.164 e. The van der Waals surface area contributed by atoms with Crippen molar-refractivity contribution in [2.75, 3.05) is 0 Å². The maximum atomic E-state index is 12.0. The lowest BCUT2D eigenvalue weighted by molar-refractivity contribution is 0.0982. The summed E-state index contributed by atoms with van der Waals surface area (Å²) in [4.78, 5) is 12.0. The maximum absolute atomic E-state index is 12.0. The van der Waals surface area contributed by atoms with E-state index in [-0.39, 0.29) is 0 Å². The number of Topliss-reactive ketones (excluding diaryl/α,β-unsaturated/α-hetero) is 1. The molecule has 1 heterocycles. The number of aryl methyl sites for hydroxylation is 3. The molecule has 2 heteroatoms. The van der Waals surface area contributed by atoms with Crippen LogP contribution in [0.25, 0.3) is 0 Å². The molecule has 19 heavy (non-hydrogen) atoms. The number of fused-ring (bicyclic) bond motifs is 1. The third-order valence-corrected chi connectivity index (χ3v) is 3.86. The highest BCUT2D eigenvalue weighted by atomic mass is 16.1. The summed E-state index contributed by atoms with van der Waals surface area (Å²) < 4.78 is 2.18. The van der Waals surface area contributed by atoms with Gasteiger partial charge in [-0.2, -0.15) is 0 Å². The second-order valence-electron chi connectivity index (χ2n) is 5.30. The van der Waals surface area contributed by atoms with Gasteiger partial charge >= 0.3 is 0 Å². The Hall–Kier alpha value is -1.83. The average molecular weight is 253 g/mol. The number of hydrogen-bond donors (Lipinski definition) is 0. The fourth-order valence-electron chi connectivity index (χ4n) is 2.77. The summed E-state index contributed by atoms with van der Waals surface area (Å²) in [6.45, 7) is 0.949. The third-order valence-electron chi connectivity index (χ3n) is 3.86. The number of ketones is 1. The van der Waals surface area contributed by atoms with Crippen LogP contribution in [-0.4, -0.2) is 10.4 Å². The first-order valence-electron chi connectivity index (χ1n) is 7.09. The normalized spacial score (nSPS) is 15.1. The molecule has 0 fully saturated rings. The fraction of sp³-hybridized carbons (Fsp3) is 0.353. The number of carbonyl (C=O) groups is 1. The lowest BCUT2D eigenvalue weighted by atomic mass is 10.1. The fourth-order valence-corrected chi connectivity index (χ4v) is 2.77. The van der Waals surface area contributed by atoms with Crippen LogP contribution < -0.4 is 0 Å². The summed E-state index contributed by atoms with van der Waals surface area (Å²) in [6.07, 6.45) is 9.18. The molecule has 0 atom stereocenters. The molecule has 0 unspecified atom stereocenters. The zero-order valence-electron chi connectivity index (χ0n) is 11.1. The molecule has 1 aliphatic rings. The van der Waals surface area contributed by atoms with Crippen LogP contribution in [0.2, 0.25) is 0 Å². The average Bonchev–Trinajstić information content (AvgIpc) is 2.78. The molecule has 98 valence electrons. The first-order chi connectivity index (χ1) is 9.33. The summed E-state index contributed by atoms with van der Waals surface area (Å²) in [5, 5.41) is 0. The molecule has 1 aromatic carbocycles. The van der Waals surface area contributed by atoms with Crippen molar-refractivity contribution < 1.29 is 4.79 Å². The van der Waals surface area contributed by atoms with E-state index in [4.69, 9.17) is 0 Å². The molecule has 0 N–H and O–H groups in total. The quantitative estimate of drug-likeness (QED) is 0.765. The highest BCUT2D eigenvalue weighted by molar-refractivity contribution is 5.97. The van der Waals surface area contributed by atoms with Gasteiger partial charge in [0.2, 0.25) is 0 Å². The SMILES string of the molecule is O=C1CCCCc2cn(CCc3ccccc3)cc21. The summed E-state index contributed by atoms with van der Waals surface area (Å²) in [5.74, 6) is 0.325. The number of rotatable bonds is 3. The van der Waals surface area contributed by atoms with E-state index in [2.05, 4.69) is 35.0 Å². The van der Waals surface area contributed by atoms with Crippen LogP contribution in [0.3, 0.4) is 0 Å². The van der Waals surface area contributed by atoms with E-state index in [1.165, 1.54) is 11.1 Å². The van der Waals surface area contributed by atoms with Crippen molar-refractivity contribution in [1.29, 1.82) is 0 Å². The molecule has 0 saturated heterocycles. The van der Waals surface area contributed by atoms with Gasteiger partial charge in [0.05, 0.1) is 0 Å². The van der Waals surface area contributed by atoms with Crippen molar-refractivity contribution in [3.63, 3.8) is 0 Å². The Morgan fingerprint density at radius 3 is 2.63 bits per heavy atom. The molecule has 0 aliphatic heterocycles. The summed E-state index contributed by atoms with van der Waals surface area (Å²) in [5.41, 5.74) is 3.55. The highest BCUT2D eigenvalue weighted by Gasteiger charge is 2.17. The van der Waals surface area contributed by atoms with Crippen LogP contribution in [0.1, 0.15) is 40.7 Å². The number of aromatic nitrogens is 1. The van der Waals surface area contributed by atoms with Gasteiger partial charge < -0.3 is 4.57 Å². The van der Waals surface area contributed by atoms with Crippen molar-refractivity contribution in [3.8, 4) is 0 Å². The highest BCUT2D eigenvalue weighted by Crippen LogP contribution is 2.21. The van der Waals surface area contributed by atoms with Crippen LogP contribution >= 0.6 is 0 Å². The van der Waals surface area contributed by atoms with Crippen molar-refractivity contribution in [1.82, 2.24) is 4.57 Å². The van der Waals surface area contributed by atoms with Gasteiger partial charge in [0.1, 0.15) is 0 Å². The summed E-state index contributed by atoms with van der Waals surface area (Å²) >= 11 is 0. The second-order valence-corrected chi connectivity index (χ2v) is 5.30. The Morgan fingerprint density at radius 1 is 1.00 bits per heavy atom. The lowest BCUT2D eigenvalue weighted by Crippen LogP contribution is -2.00. The van der Waals surface area contributed by atoms with Gasteiger partial charge in [0.25, 0.3) is 0 Å². The Morgan fingerprint density at radius 2 is 1.79 bits per heavy atom.